The van der Waals surface area contributed by atoms with Crippen molar-refractivity contribution in [1.29, 1.82) is 0 Å². The molecule has 0 aromatic heterocycles. The summed E-state index contributed by atoms with van der Waals surface area (Å²) in [7, 11) is 0. The first kappa shape index (κ1) is 17.9. The van der Waals surface area contributed by atoms with Gasteiger partial charge in [0.1, 0.15) is 5.82 Å². The summed E-state index contributed by atoms with van der Waals surface area (Å²) in [5.41, 5.74) is 1.65. The first-order chi connectivity index (χ1) is 11.5. The fourth-order valence-electron chi connectivity index (χ4n) is 2.11. The molecule has 0 unspecified atom stereocenters. The van der Waals surface area contributed by atoms with E-state index in [0.29, 0.717) is 6.54 Å². The lowest BCUT2D eigenvalue weighted by Gasteiger charge is -2.25. The van der Waals surface area contributed by atoms with E-state index in [1.807, 2.05) is 29.2 Å². The summed E-state index contributed by atoms with van der Waals surface area (Å²) in [6.45, 7) is 1.82. The van der Waals surface area contributed by atoms with Crippen molar-refractivity contribution < 1.29 is 18.7 Å². The largest absolute Gasteiger partial charge is 0.414 e. The van der Waals surface area contributed by atoms with Gasteiger partial charge in [0, 0.05) is 35.9 Å². The van der Waals surface area contributed by atoms with E-state index in [2.05, 4.69) is 26.0 Å². The number of alkyl carbamates (subject to hydrolysis) is 1. The van der Waals surface area contributed by atoms with Crippen LogP contribution in [0.2, 0.25) is 0 Å². The zero-order valence-electron chi connectivity index (χ0n) is 13.0. The number of amides is 1. The van der Waals surface area contributed by atoms with Crippen molar-refractivity contribution in [2.75, 3.05) is 18.0 Å². The first-order valence-electron chi connectivity index (χ1n) is 7.20. The SMILES string of the molecule is CC(=O)OC(=O)NCCN(c1ccc(F)cc1)c1cccc(Br)c1. The number of benzene rings is 2. The average Bonchev–Trinajstić information content (AvgIpc) is 2.52. The van der Waals surface area contributed by atoms with Gasteiger partial charge in [0.15, 0.2) is 0 Å². The third-order valence-electron chi connectivity index (χ3n) is 3.10. The molecule has 0 aliphatic carbocycles. The maximum atomic E-state index is 13.2. The fraction of sp³-hybridized carbons (Fsp3) is 0.176. The number of esters is 1. The lowest BCUT2D eigenvalue weighted by Crippen LogP contribution is -2.33. The van der Waals surface area contributed by atoms with Gasteiger partial charge in [-0.25, -0.2) is 9.18 Å². The van der Waals surface area contributed by atoms with E-state index in [0.717, 1.165) is 22.8 Å². The van der Waals surface area contributed by atoms with Crippen LogP contribution in [-0.2, 0) is 9.53 Å². The molecule has 0 spiro atoms. The summed E-state index contributed by atoms with van der Waals surface area (Å²) in [6, 6.07) is 13.7. The first-order valence-corrected chi connectivity index (χ1v) is 8.00. The molecule has 126 valence electrons. The second-order valence-corrected chi connectivity index (χ2v) is 5.83. The summed E-state index contributed by atoms with van der Waals surface area (Å²) in [4.78, 5) is 24.0. The molecular weight excluding hydrogens is 379 g/mol. The molecular formula is C17H16BrFN2O3. The van der Waals surface area contributed by atoms with Gasteiger partial charge in [-0.15, -0.1) is 0 Å². The van der Waals surface area contributed by atoms with Gasteiger partial charge in [-0.1, -0.05) is 22.0 Å². The van der Waals surface area contributed by atoms with Crippen molar-refractivity contribution in [2.24, 2.45) is 0 Å². The second-order valence-electron chi connectivity index (χ2n) is 4.92. The van der Waals surface area contributed by atoms with Gasteiger partial charge >= 0.3 is 12.1 Å². The van der Waals surface area contributed by atoms with Crippen LogP contribution < -0.4 is 10.2 Å². The number of nitrogens with one attached hydrogen (secondary N) is 1. The standard InChI is InChI=1S/C17H16BrFN2O3/c1-12(22)24-17(23)20-9-10-21(15-7-5-14(19)6-8-15)16-4-2-3-13(18)11-16/h2-8,11H,9-10H2,1H3,(H,20,23). The minimum atomic E-state index is -0.796. The highest BCUT2D eigenvalue weighted by atomic mass is 79.9. The van der Waals surface area contributed by atoms with Crippen molar-refractivity contribution in [3.05, 3.63) is 58.8 Å². The van der Waals surface area contributed by atoms with Gasteiger partial charge in [0.25, 0.3) is 0 Å². The van der Waals surface area contributed by atoms with E-state index in [-0.39, 0.29) is 12.4 Å². The Hall–Kier alpha value is -2.41. The highest BCUT2D eigenvalue weighted by Gasteiger charge is 2.11. The molecule has 2 rings (SSSR count). The van der Waals surface area contributed by atoms with Gasteiger partial charge in [-0.3, -0.25) is 4.79 Å². The number of halogens is 2. The van der Waals surface area contributed by atoms with Crippen molar-refractivity contribution in [2.45, 2.75) is 6.92 Å². The van der Waals surface area contributed by atoms with Crippen LogP contribution in [0.4, 0.5) is 20.6 Å². The van der Waals surface area contributed by atoms with E-state index in [4.69, 9.17) is 0 Å². The minimum absolute atomic E-state index is 0.246. The van der Waals surface area contributed by atoms with Gasteiger partial charge in [0.2, 0.25) is 0 Å². The minimum Gasteiger partial charge on any atom is -0.377 e. The molecule has 0 aliphatic rings. The quantitative estimate of drug-likeness (QED) is 0.614. The van der Waals surface area contributed by atoms with Crippen LogP contribution in [0.25, 0.3) is 0 Å². The van der Waals surface area contributed by atoms with Crippen LogP contribution in [0.3, 0.4) is 0 Å². The normalized spacial score (nSPS) is 10.1. The Kier molecular flexibility index (Phi) is 6.31. The number of ether oxygens (including phenoxy) is 1. The second kappa shape index (κ2) is 8.44. The van der Waals surface area contributed by atoms with Gasteiger partial charge < -0.3 is 15.0 Å². The molecule has 0 saturated carbocycles. The van der Waals surface area contributed by atoms with E-state index in [9.17, 15) is 14.0 Å². The maximum Gasteiger partial charge on any atom is 0.414 e. The molecule has 0 aliphatic heterocycles. The predicted octanol–water partition coefficient (Wildman–Crippen LogP) is 4.00. The molecule has 5 nitrogen and oxygen atoms in total. The van der Waals surface area contributed by atoms with Gasteiger partial charge in [-0.2, -0.15) is 0 Å². The number of hydrogen-bond acceptors (Lipinski definition) is 4. The molecule has 24 heavy (non-hydrogen) atoms. The van der Waals surface area contributed by atoms with Crippen LogP contribution in [0.15, 0.2) is 53.0 Å². The third kappa shape index (κ3) is 5.34. The van der Waals surface area contributed by atoms with E-state index < -0.39 is 12.1 Å². The van der Waals surface area contributed by atoms with E-state index in [1.54, 1.807) is 12.1 Å². The van der Waals surface area contributed by atoms with Crippen molar-refractivity contribution in [1.82, 2.24) is 5.32 Å². The smallest absolute Gasteiger partial charge is 0.377 e. The Labute approximate surface area is 147 Å². The van der Waals surface area contributed by atoms with E-state index in [1.165, 1.54) is 12.1 Å². The topological polar surface area (TPSA) is 58.6 Å². The van der Waals surface area contributed by atoms with Crippen LogP contribution in [0.5, 0.6) is 0 Å². The molecule has 2 aromatic carbocycles. The summed E-state index contributed by atoms with van der Waals surface area (Å²) in [5, 5.41) is 2.50. The number of anilines is 2. The molecule has 1 amide bonds. The molecule has 2 aromatic rings. The Morgan fingerprint density at radius 3 is 2.50 bits per heavy atom. The molecule has 0 fully saturated rings. The predicted molar refractivity (Wildman–Crippen MR) is 92.7 cm³/mol. The average molecular weight is 395 g/mol. The van der Waals surface area contributed by atoms with Gasteiger partial charge in [0.05, 0.1) is 0 Å². The van der Waals surface area contributed by atoms with Crippen molar-refractivity contribution >= 4 is 39.4 Å². The van der Waals surface area contributed by atoms with Gasteiger partial charge in [-0.05, 0) is 42.5 Å². The third-order valence-corrected chi connectivity index (χ3v) is 3.59. The zero-order chi connectivity index (χ0) is 17.5. The molecule has 0 radical (unpaired) electrons. The van der Waals surface area contributed by atoms with Crippen LogP contribution in [0, 0.1) is 5.82 Å². The molecule has 1 N–H and O–H groups in total. The molecule has 0 saturated heterocycles. The number of carbonyl (C=O) groups excluding carboxylic acids is 2. The van der Waals surface area contributed by atoms with Crippen LogP contribution in [0.1, 0.15) is 6.92 Å². The highest BCUT2D eigenvalue weighted by Crippen LogP contribution is 2.27. The molecule has 0 atom stereocenters. The molecule has 7 heteroatoms. The Bertz CT molecular complexity index is 722. The number of rotatable bonds is 5. The Balaban J connectivity index is 2.13. The van der Waals surface area contributed by atoms with Crippen molar-refractivity contribution in [3.8, 4) is 0 Å². The summed E-state index contributed by atoms with van der Waals surface area (Å²) in [6.07, 6.45) is -0.796. The summed E-state index contributed by atoms with van der Waals surface area (Å²) >= 11 is 3.42. The lowest BCUT2D eigenvalue weighted by molar-refractivity contribution is -0.134. The Morgan fingerprint density at radius 1 is 1.17 bits per heavy atom. The summed E-state index contributed by atoms with van der Waals surface area (Å²) < 4.78 is 18.5. The van der Waals surface area contributed by atoms with Crippen LogP contribution >= 0.6 is 15.9 Å². The Morgan fingerprint density at radius 2 is 1.88 bits per heavy atom. The maximum absolute atomic E-state index is 13.2. The fourth-order valence-corrected chi connectivity index (χ4v) is 2.50. The molecule has 0 heterocycles. The van der Waals surface area contributed by atoms with Crippen molar-refractivity contribution in [3.63, 3.8) is 0 Å². The van der Waals surface area contributed by atoms with E-state index >= 15 is 0 Å². The summed E-state index contributed by atoms with van der Waals surface area (Å²) in [5.74, 6) is -0.994. The monoisotopic (exact) mass is 394 g/mol. The number of nitrogens with zero attached hydrogens (tertiary/aromatic N) is 1. The zero-order valence-corrected chi connectivity index (χ0v) is 14.5. The number of hydrogen-bond donors (Lipinski definition) is 1. The molecule has 0 bridgehead atoms. The number of carbonyl (C=O) groups is 2. The van der Waals surface area contributed by atoms with Crippen LogP contribution in [-0.4, -0.2) is 25.2 Å². The lowest BCUT2D eigenvalue weighted by atomic mass is 10.2. The highest BCUT2D eigenvalue weighted by molar-refractivity contribution is 9.10.